The van der Waals surface area contributed by atoms with Crippen molar-refractivity contribution < 1.29 is 23.9 Å². The van der Waals surface area contributed by atoms with E-state index in [4.69, 9.17) is 9.47 Å². The van der Waals surface area contributed by atoms with Crippen molar-refractivity contribution in [3.05, 3.63) is 119 Å². The molecule has 242 valence electrons. The smallest absolute Gasteiger partial charge is 0.264 e. The Morgan fingerprint density at radius 2 is 1.55 bits per heavy atom. The van der Waals surface area contributed by atoms with E-state index < -0.39 is 6.04 Å². The minimum Gasteiger partial charge on any atom is -0.493 e. The molecule has 1 fully saturated rings. The van der Waals surface area contributed by atoms with Crippen LogP contribution in [0.4, 0.5) is 5.69 Å². The van der Waals surface area contributed by atoms with Gasteiger partial charge in [0, 0.05) is 56.7 Å². The third-order valence-corrected chi connectivity index (χ3v) is 9.16. The number of pyridine rings is 1. The third kappa shape index (κ3) is 6.41. The van der Waals surface area contributed by atoms with Gasteiger partial charge < -0.3 is 19.7 Å². The standard InChI is InChI=1S/C37H39N5O5/c1-25(26-8-5-4-6-9-26)40-20-22-41(23-21-40)31-11-7-10-29-34(31)37(45)42(36(29)44)30(28-12-13-32(46-2)33(24-28)47-3)16-19-39-35(43)27-14-17-38-18-15-27/h4-15,17-18,24-25,30H,16,19-23H2,1-3H3,(H,39,43)/t25?,30-/m1/s1. The summed E-state index contributed by atoms with van der Waals surface area (Å²) in [5.74, 6) is 0.0512. The number of methoxy groups -OCH3 is 2. The Morgan fingerprint density at radius 3 is 2.26 bits per heavy atom. The highest BCUT2D eigenvalue weighted by molar-refractivity contribution is 6.24. The topological polar surface area (TPSA) is 104 Å². The molecule has 2 atom stereocenters. The summed E-state index contributed by atoms with van der Waals surface area (Å²) in [4.78, 5) is 51.2. The summed E-state index contributed by atoms with van der Waals surface area (Å²) in [6.07, 6.45) is 3.41. The molecular weight excluding hydrogens is 594 g/mol. The summed E-state index contributed by atoms with van der Waals surface area (Å²) in [7, 11) is 3.09. The molecule has 0 saturated carbocycles. The Balaban J connectivity index is 1.25. The van der Waals surface area contributed by atoms with Gasteiger partial charge in [-0.25, -0.2) is 0 Å². The monoisotopic (exact) mass is 633 g/mol. The first-order chi connectivity index (χ1) is 22.9. The fraction of sp³-hybridized carbons (Fsp3) is 0.297. The first-order valence-corrected chi connectivity index (χ1v) is 15.9. The maximum Gasteiger partial charge on any atom is 0.264 e. The number of nitrogens with one attached hydrogen (secondary N) is 1. The highest BCUT2D eigenvalue weighted by Gasteiger charge is 2.43. The quantitative estimate of drug-likeness (QED) is 0.227. The molecule has 1 aromatic heterocycles. The fourth-order valence-corrected chi connectivity index (χ4v) is 6.56. The fourth-order valence-electron chi connectivity index (χ4n) is 6.56. The van der Waals surface area contributed by atoms with E-state index in [9.17, 15) is 14.4 Å². The van der Waals surface area contributed by atoms with Gasteiger partial charge in [0.1, 0.15) is 0 Å². The molecule has 2 aliphatic heterocycles. The van der Waals surface area contributed by atoms with Crippen LogP contribution in [0.25, 0.3) is 0 Å². The number of rotatable bonds is 11. The van der Waals surface area contributed by atoms with Crippen LogP contribution in [0.1, 0.15) is 67.6 Å². The van der Waals surface area contributed by atoms with Crippen molar-refractivity contribution in [3.63, 3.8) is 0 Å². The molecule has 2 aliphatic rings. The molecule has 0 spiro atoms. The number of ether oxygens (including phenoxy) is 2. The van der Waals surface area contributed by atoms with Crippen molar-refractivity contribution in [1.29, 1.82) is 0 Å². The molecule has 47 heavy (non-hydrogen) atoms. The van der Waals surface area contributed by atoms with E-state index in [-0.39, 0.29) is 30.3 Å². The molecule has 4 aromatic rings. The second-order valence-corrected chi connectivity index (χ2v) is 11.7. The van der Waals surface area contributed by atoms with Crippen molar-refractivity contribution in [2.24, 2.45) is 0 Å². The van der Waals surface area contributed by atoms with Gasteiger partial charge in [0.05, 0.1) is 37.1 Å². The van der Waals surface area contributed by atoms with Crippen molar-refractivity contribution in [1.82, 2.24) is 20.1 Å². The summed E-state index contributed by atoms with van der Waals surface area (Å²) < 4.78 is 11.0. The van der Waals surface area contributed by atoms with Crippen LogP contribution >= 0.6 is 0 Å². The van der Waals surface area contributed by atoms with Crippen LogP contribution in [-0.4, -0.2) is 79.4 Å². The molecule has 3 heterocycles. The van der Waals surface area contributed by atoms with Gasteiger partial charge in [-0.05, 0) is 60.9 Å². The summed E-state index contributed by atoms with van der Waals surface area (Å²) in [6.45, 7) is 5.57. The molecule has 1 saturated heterocycles. The normalized spacial score (nSPS) is 16.1. The van der Waals surface area contributed by atoms with Crippen molar-refractivity contribution in [3.8, 4) is 11.5 Å². The van der Waals surface area contributed by atoms with Gasteiger partial charge in [0.25, 0.3) is 17.7 Å². The molecule has 3 aromatic carbocycles. The number of nitrogens with zero attached hydrogens (tertiary/aromatic N) is 4. The average Bonchev–Trinajstić information content (AvgIpc) is 3.39. The minimum atomic E-state index is -0.670. The van der Waals surface area contributed by atoms with Crippen LogP contribution < -0.4 is 19.7 Å². The number of carbonyl (C=O) groups is 3. The SMILES string of the molecule is COc1ccc([C@@H](CCNC(=O)c2ccncc2)N2C(=O)c3cccc(N4CCN(C(C)c5ccccc5)CC4)c3C2=O)cc1OC. The lowest BCUT2D eigenvalue weighted by Crippen LogP contribution is -2.47. The van der Waals surface area contributed by atoms with Crippen LogP contribution in [0.3, 0.4) is 0 Å². The summed E-state index contributed by atoms with van der Waals surface area (Å²) in [6, 6.07) is 24.2. The molecule has 10 heteroatoms. The Morgan fingerprint density at radius 1 is 0.830 bits per heavy atom. The molecule has 10 nitrogen and oxygen atoms in total. The third-order valence-electron chi connectivity index (χ3n) is 9.16. The van der Waals surface area contributed by atoms with Crippen LogP contribution in [0, 0.1) is 0 Å². The molecular formula is C37H39N5O5. The second kappa shape index (κ2) is 14.0. The number of hydrogen-bond acceptors (Lipinski definition) is 8. The van der Waals surface area contributed by atoms with Crippen molar-refractivity contribution in [2.45, 2.75) is 25.4 Å². The highest BCUT2D eigenvalue weighted by Crippen LogP contribution is 2.40. The highest BCUT2D eigenvalue weighted by atomic mass is 16.5. The molecule has 0 radical (unpaired) electrons. The zero-order valence-corrected chi connectivity index (χ0v) is 26.9. The Bertz CT molecular complexity index is 1740. The zero-order chi connectivity index (χ0) is 32.9. The van der Waals surface area contributed by atoms with Gasteiger partial charge in [-0.2, -0.15) is 0 Å². The predicted molar refractivity (Wildman–Crippen MR) is 179 cm³/mol. The van der Waals surface area contributed by atoms with Crippen LogP contribution in [0.15, 0.2) is 91.3 Å². The van der Waals surface area contributed by atoms with Gasteiger partial charge in [-0.3, -0.25) is 29.2 Å². The molecule has 1 unspecified atom stereocenters. The first-order valence-electron chi connectivity index (χ1n) is 15.9. The molecule has 0 aliphatic carbocycles. The van der Waals surface area contributed by atoms with E-state index in [1.54, 1.807) is 56.9 Å². The first kappa shape index (κ1) is 31.7. The minimum absolute atomic E-state index is 0.224. The van der Waals surface area contributed by atoms with E-state index in [2.05, 4.69) is 51.3 Å². The molecule has 0 bridgehead atoms. The second-order valence-electron chi connectivity index (χ2n) is 11.7. The van der Waals surface area contributed by atoms with Gasteiger partial charge in [0.2, 0.25) is 0 Å². The summed E-state index contributed by atoms with van der Waals surface area (Å²) >= 11 is 0. The molecule has 1 N–H and O–H groups in total. The van der Waals surface area contributed by atoms with Crippen molar-refractivity contribution in [2.75, 3.05) is 51.8 Å². The number of imide groups is 1. The lowest BCUT2D eigenvalue weighted by molar-refractivity contribution is 0.0574. The van der Waals surface area contributed by atoms with Gasteiger partial charge in [0.15, 0.2) is 11.5 Å². The van der Waals surface area contributed by atoms with E-state index in [1.807, 2.05) is 24.3 Å². The Kier molecular flexibility index (Phi) is 9.49. The van der Waals surface area contributed by atoms with E-state index >= 15 is 0 Å². The zero-order valence-electron chi connectivity index (χ0n) is 26.9. The average molecular weight is 634 g/mol. The number of hydrogen-bond donors (Lipinski definition) is 1. The van der Waals surface area contributed by atoms with Gasteiger partial charge in [-0.15, -0.1) is 0 Å². The largest absolute Gasteiger partial charge is 0.493 e. The van der Waals surface area contributed by atoms with E-state index in [1.165, 1.54) is 10.5 Å². The number of amides is 3. The van der Waals surface area contributed by atoms with Crippen LogP contribution in [0.2, 0.25) is 0 Å². The Labute approximate surface area is 274 Å². The maximum absolute atomic E-state index is 14.4. The lowest BCUT2D eigenvalue weighted by atomic mass is 10.0. The number of aromatic nitrogens is 1. The predicted octanol–water partition coefficient (Wildman–Crippen LogP) is 5.14. The van der Waals surface area contributed by atoms with Crippen molar-refractivity contribution >= 4 is 23.4 Å². The number of fused-ring (bicyclic) bond motifs is 1. The van der Waals surface area contributed by atoms with E-state index in [0.29, 0.717) is 40.2 Å². The lowest BCUT2D eigenvalue weighted by Gasteiger charge is -2.39. The maximum atomic E-state index is 14.4. The van der Waals surface area contributed by atoms with Gasteiger partial charge >= 0.3 is 0 Å². The van der Waals surface area contributed by atoms with E-state index in [0.717, 1.165) is 31.9 Å². The molecule has 3 amide bonds. The number of carbonyl (C=O) groups excluding carboxylic acids is 3. The number of anilines is 1. The molecule has 6 rings (SSSR count). The summed E-state index contributed by atoms with van der Waals surface area (Å²) in [5.41, 5.74) is 4.03. The van der Waals surface area contributed by atoms with Gasteiger partial charge in [-0.1, -0.05) is 42.5 Å². The number of piperazine rings is 1. The van der Waals surface area contributed by atoms with Crippen LogP contribution in [0.5, 0.6) is 11.5 Å². The Hall–Kier alpha value is -5.22. The van der Waals surface area contributed by atoms with Crippen LogP contribution in [-0.2, 0) is 0 Å². The number of benzene rings is 3. The summed E-state index contributed by atoms with van der Waals surface area (Å²) in [5, 5.41) is 2.93.